The summed E-state index contributed by atoms with van der Waals surface area (Å²) in [6.45, 7) is 1.80. The maximum absolute atomic E-state index is 13.2. The quantitative estimate of drug-likeness (QED) is 0.694. The van der Waals surface area contributed by atoms with Gasteiger partial charge in [-0.2, -0.15) is 5.26 Å². The number of benzene rings is 2. The van der Waals surface area contributed by atoms with Crippen molar-refractivity contribution in [2.24, 2.45) is 0 Å². The van der Waals surface area contributed by atoms with Gasteiger partial charge in [-0.3, -0.25) is 0 Å². The van der Waals surface area contributed by atoms with Crippen LogP contribution in [0.3, 0.4) is 0 Å². The molecule has 0 radical (unpaired) electrons. The number of carbonyl (C=O) groups is 1. The molecule has 0 aliphatic heterocycles. The molecule has 0 unspecified atom stereocenters. The molecule has 0 spiro atoms. The highest BCUT2D eigenvalue weighted by Crippen LogP contribution is 2.15. The number of esters is 1. The molecule has 2 N–H and O–H groups in total. The van der Waals surface area contributed by atoms with Crippen molar-refractivity contribution in [1.82, 2.24) is 0 Å². The molecule has 0 aliphatic rings. The van der Waals surface area contributed by atoms with Crippen LogP contribution in [-0.4, -0.2) is 5.97 Å². The molecule has 0 aromatic heterocycles. The number of halogens is 1. The zero-order chi connectivity index (χ0) is 15.4. The summed E-state index contributed by atoms with van der Waals surface area (Å²) in [5, 5.41) is 8.74. The van der Waals surface area contributed by atoms with E-state index in [-0.39, 0.29) is 12.2 Å². The Bertz CT molecular complexity index is 736. The molecule has 4 nitrogen and oxygen atoms in total. The normalized spacial score (nSPS) is 9.95. The van der Waals surface area contributed by atoms with Gasteiger partial charge < -0.3 is 10.5 Å². The molecule has 2 aromatic rings. The Labute approximate surface area is 121 Å². The van der Waals surface area contributed by atoms with Gasteiger partial charge >= 0.3 is 5.97 Å². The molecular formula is C16H13FN2O2. The average molecular weight is 284 g/mol. The lowest BCUT2D eigenvalue weighted by Crippen LogP contribution is -2.06. The van der Waals surface area contributed by atoms with Gasteiger partial charge in [0.15, 0.2) is 0 Å². The fourth-order valence-corrected chi connectivity index (χ4v) is 1.75. The number of aryl methyl sites for hydroxylation is 1. The lowest BCUT2D eigenvalue weighted by molar-refractivity contribution is 0.0472. The van der Waals surface area contributed by atoms with Crippen molar-refractivity contribution < 1.29 is 13.9 Å². The summed E-state index contributed by atoms with van der Waals surface area (Å²) >= 11 is 0. The van der Waals surface area contributed by atoms with Crippen LogP contribution in [0.4, 0.5) is 10.1 Å². The number of nitrogens with zero attached hydrogens (tertiary/aromatic N) is 1. The highest BCUT2D eigenvalue weighted by Gasteiger charge is 2.10. The lowest BCUT2D eigenvalue weighted by atomic mass is 10.1. The minimum absolute atomic E-state index is 0.0401. The first-order chi connectivity index (χ1) is 10.0. The van der Waals surface area contributed by atoms with Crippen molar-refractivity contribution >= 4 is 11.7 Å². The first kappa shape index (κ1) is 14.5. The number of nitrogens with two attached hydrogens (primary N) is 1. The molecule has 0 heterocycles. The highest BCUT2D eigenvalue weighted by atomic mass is 19.1. The smallest absolute Gasteiger partial charge is 0.338 e. The van der Waals surface area contributed by atoms with Gasteiger partial charge in [0.05, 0.1) is 11.1 Å². The van der Waals surface area contributed by atoms with Crippen LogP contribution < -0.4 is 5.73 Å². The molecule has 0 bridgehead atoms. The van der Waals surface area contributed by atoms with Gasteiger partial charge in [0.1, 0.15) is 18.5 Å². The Morgan fingerprint density at radius 3 is 2.76 bits per heavy atom. The van der Waals surface area contributed by atoms with Gasteiger partial charge in [0.2, 0.25) is 0 Å². The SMILES string of the molecule is Cc1ccc(C(=O)OCc2ccc(F)c(C#N)c2)cc1N. The van der Waals surface area contributed by atoms with Gasteiger partial charge in [-0.1, -0.05) is 12.1 Å². The number of ether oxygens (including phenoxy) is 1. The number of nitrogen functional groups attached to an aromatic ring is 1. The number of nitriles is 1. The molecule has 0 atom stereocenters. The molecule has 2 rings (SSSR count). The van der Waals surface area contributed by atoms with Crippen LogP contribution in [0.5, 0.6) is 0 Å². The molecule has 21 heavy (non-hydrogen) atoms. The third kappa shape index (κ3) is 3.37. The predicted molar refractivity (Wildman–Crippen MR) is 75.8 cm³/mol. The van der Waals surface area contributed by atoms with Gasteiger partial charge in [0, 0.05) is 5.69 Å². The molecule has 106 valence electrons. The number of hydrogen-bond acceptors (Lipinski definition) is 4. The Hall–Kier alpha value is -2.87. The Balaban J connectivity index is 2.07. The minimum atomic E-state index is -0.598. The summed E-state index contributed by atoms with van der Waals surface area (Å²) in [6, 6.07) is 10.6. The Morgan fingerprint density at radius 1 is 1.33 bits per heavy atom. The van der Waals surface area contributed by atoms with Crippen molar-refractivity contribution in [3.05, 3.63) is 64.5 Å². The van der Waals surface area contributed by atoms with Crippen LogP contribution in [0, 0.1) is 24.1 Å². The third-order valence-corrected chi connectivity index (χ3v) is 3.04. The summed E-state index contributed by atoms with van der Waals surface area (Å²) in [7, 11) is 0. The molecule has 0 amide bonds. The van der Waals surface area contributed by atoms with Crippen molar-refractivity contribution in [2.75, 3.05) is 5.73 Å². The maximum atomic E-state index is 13.2. The van der Waals surface area contributed by atoms with Crippen LogP contribution >= 0.6 is 0 Å². The molecule has 0 saturated heterocycles. The standard InChI is InChI=1S/C16H13FN2O2/c1-10-2-4-12(7-15(10)19)16(20)21-9-11-3-5-14(17)13(6-11)8-18/h2-7H,9,19H2,1H3. The minimum Gasteiger partial charge on any atom is -0.457 e. The van der Waals surface area contributed by atoms with Crippen LogP contribution in [0.2, 0.25) is 0 Å². The second kappa shape index (κ2) is 6.06. The van der Waals surface area contributed by atoms with E-state index in [1.807, 2.05) is 6.92 Å². The molecule has 0 aliphatic carbocycles. The summed E-state index contributed by atoms with van der Waals surface area (Å²) in [5.41, 5.74) is 7.94. The monoisotopic (exact) mass is 284 g/mol. The number of carbonyl (C=O) groups excluding carboxylic acids is 1. The molecule has 2 aromatic carbocycles. The van der Waals surface area contributed by atoms with Crippen molar-refractivity contribution in [3.8, 4) is 6.07 Å². The zero-order valence-corrected chi connectivity index (χ0v) is 11.4. The van der Waals surface area contributed by atoms with E-state index in [0.29, 0.717) is 16.8 Å². The third-order valence-electron chi connectivity index (χ3n) is 3.04. The van der Waals surface area contributed by atoms with Gasteiger partial charge in [-0.15, -0.1) is 0 Å². The number of hydrogen-bond donors (Lipinski definition) is 1. The first-order valence-electron chi connectivity index (χ1n) is 6.23. The zero-order valence-electron chi connectivity index (χ0n) is 11.4. The van der Waals surface area contributed by atoms with E-state index in [4.69, 9.17) is 15.7 Å². The van der Waals surface area contributed by atoms with Crippen molar-refractivity contribution in [3.63, 3.8) is 0 Å². The lowest BCUT2D eigenvalue weighted by Gasteiger charge is -2.07. The fraction of sp³-hybridized carbons (Fsp3) is 0.125. The molecule has 0 saturated carbocycles. The summed E-state index contributed by atoms with van der Waals surface area (Å²) in [5.74, 6) is -1.12. The van der Waals surface area contributed by atoms with E-state index in [9.17, 15) is 9.18 Å². The van der Waals surface area contributed by atoms with Crippen LogP contribution in [0.25, 0.3) is 0 Å². The highest BCUT2D eigenvalue weighted by molar-refractivity contribution is 5.90. The van der Waals surface area contributed by atoms with Crippen LogP contribution in [0.1, 0.15) is 27.0 Å². The Kier molecular flexibility index (Phi) is 4.19. The first-order valence-corrected chi connectivity index (χ1v) is 6.23. The number of anilines is 1. The van der Waals surface area contributed by atoms with E-state index in [2.05, 4.69) is 0 Å². The van der Waals surface area contributed by atoms with E-state index >= 15 is 0 Å². The van der Waals surface area contributed by atoms with Crippen LogP contribution in [0.15, 0.2) is 36.4 Å². The second-order valence-corrected chi connectivity index (χ2v) is 4.57. The summed E-state index contributed by atoms with van der Waals surface area (Å²) < 4.78 is 18.3. The van der Waals surface area contributed by atoms with Crippen LogP contribution in [-0.2, 0) is 11.3 Å². The topological polar surface area (TPSA) is 76.1 Å². The summed E-state index contributed by atoms with van der Waals surface area (Å²) in [4.78, 5) is 11.9. The maximum Gasteiger partial charge on any atom is 0.338 e. The van der Waals surface area contributed by atoms with Gasteiger partial charge in [-0.25, -0.2) is 9.18 Å². The largest absolute Gasteiger partial charge is 0.457 e. The van der Waals surface area contributed by atoms with E-state index < -0.39 is 11.8 Å². The predicted octanol–water partition coefficient (Wildman–Crippen LogP) is 2.95. The Morgan fingerprint density at radius 2 is 2.10 bits per heavy atom. The second-order valence-electron chi connectivity index (χ2n) is 4.57. The molecular weight excluding hydrogens is 271 g/mol. The average Bonchev–Trinajstić information content (AvgIpc) is 2.48. The van der Waals surface area contributed by atoms with Crippen molar-refractivity contribution in [2.45, 2.75) is 13.5 Å². The van der Waals surface area contributed by atoms with Crippen molar-refractivity contribution in [1.29, 1.82) is 5.26 Å². The van der Waals surface area contributed by atoms with E-state index in [1.165, 1.54) is 18.2 Å². The summed E-state index contributed by atoms with van der Waals surface area (Å²) in [6.07, 6.45) is 0. The van der Waals surface area contributed by atoms with Gasteiger partial charge in [-0.05, 0) is 42.3 Å². The molecule has 0 fully saturated rings. The van der Waals surface area contributed by atoms with Gasteiger partial charge in [0.25, 0.3) is 0 Å². The molecule has 5 heteroatoms. The fourth-order valence-electron chi connectivity index (χ4n) is 1.75. The van der Waals surface area contributed by atoms with E-state index in [1.54, 1.807) is 24.3 Å². The number of rotatable bonds is 3. The van der Waals surface area contributed by atoms with E-state index in [0.717, 1.165) is 5.56 Å².